The summed E-state index contributed by atoms with van der Waals surface area (Å²) in [5.74, 6) is -0.399. The number of benzene rings is 2. The third kappa shape index (κ3) is 4.13. The van der Waals surface area contributed by atoms with Crippen LogP contribution in [-0.2, 0) is 21.7 Å². The van der Waals surface area contributed by atoms with Gasteiger partial charge in [-0.15, -0.1) is 0 Å². The summed E-state index contributed by atoms with van der Waals surface area (Å²) in [5.41, 5.74) is 0.351. The number of β-amino-alcohol motifs (C(OH)–C–C–N with tert-alkyl or cyclic N) is 1. The molecule has 0 radical (unpaired) electrons. The SMILES string of the molecule is CC1(c2ccccc2)NC(=O)N(CC(O)COCc2ccccc2Cl)C1=O. The summed E-state index contributed by atoms with van der Waals surface area (Å²) in [4.78, 5) is 26.1. The molecule has 1 aliphatic heterocycles. The van der Waals surface area contributed by atoms with Crippen LogP contribution in [0.25, 0.3) is 0 Å². The Balaban J connectivity index is 1.58. The summed E-state index contributed by atoms with van der Waals surface area (Å²) < 4.78 is 5.48. The average molecular weight is 389 g/mol. The lowest BCUT2D eigenvalue weighted by atomic mass is 9.92. The molecule has 2 aromatic carbocycles. The fraction of sp³-hybridized carbons (Fsp3) is 0.300. The van der Waals surface area contributed by atoms with Gasteiger partial charge in [0.2, 0.25) is 0 Å². The first-order valence-corrected chi connectivity index (χ1v) is 8.98. The highest BCUT2D eigenvalue weighted by molar-refractivity contribution is 6.31. The quantitative estimate of drug-likeness (QED) is 0.715. The predicted octanol–water partition coefficient (Wildman–Crippen LogP) is 2.68. The maximum absolute atomic E-state index is 12.8. The van der Waals surface area contributed by atoms with Gasteiger partial charge in [0.25, 0.3) is 5.91 Å². The molecule has 27 heavy (non-hydrogen) atoms. The molecule has 2 N–H and O–H groups in total. The number of carbonyl (C=O) groups excluding carboxylic acids is 2. The average Bonchev–Trinajstić information content (AvgIpc) is 2.88. The van der Waals surface area contributed by atoms with Crippen molar-refractivity contribution in [3.05, 3.63) is 70.7 Å². The second kappa shape index (κ2) is 8.08. The van der Waals surface area contributed by atoms with Gasteiger partial charge in [-0.05, 0) is 24.1 Å². The minimum Gasteiger partial charge on any atom is -0.389 e. The monoisotopic (exact) mass is 388 g/mol. The van der Waals surface area contributed by atoms with E-state index in [-0.39, 0.29) is 19.8 Å². The van der Waals surface area contributed by atoms with Crippen LogP contribution in [0.3, 0.4) is 0 Å². The second-order valence-electron chi connectivity index (χ2n) is 6.60. The topological polar surface area (TPSA) is 78.9 Å². The van der Waals surface area contributed by atoms with Crippen molar-refractivity contribution in [3.8, 4) is 0 Å². The molecule has 0 bridgehead atoms. The molecule has 2 atom stereocenters. The maximum atomic E-state index is 12.8. The Morgan fingerprint density at radius 1 is 1.15 bits per heavy atom. The van der Waals surface area contributed by atoms with Gasteiger partial charge in [0.05, 0.1) is 25.9 Å². The van der Waals surface area contributed by atoms with Crippen molar-refractivity contribution in [2.24, 2.45) is 0 Å². The number of urea groups is 1. The number of ether oxygens (including phenoxy) is 1. The standard InChI is InChI=1S/C20H21ClN2O4/c1-20(15-8-3-2-4-9-15)18(25)23(19(26)22-20)11-16(24)13-27-12-14-7-5-6-10-17(14)21/h2-10,16,24H,11-13H2,1H3,(H,22,26). The van der Waals surface area contributed by atoms with Crippen molar-refractivity contribution in [1.82, 2.24) is 10.2 Å². The van der Waals surface area contributed by atoms with Crippen molar-refractivity contribution < 1.29 is 19.4 Å². The van der Waals surface area contributed by atoms with Crippen molar-refractivity contribution in [2.75, 3.05) is 13.2 Å². The molecule has 1 aliphatic rings. The molecule has 7 heteroatoms. The third-order valence-corrected chi connectivity index (χ3v) is 4.91. The Bertz CT molecular complexity index is 830. The van der Waals surface area contributed by atoms with Crippen LogP contribution in [-0.4, -0.2) is 41.2 Å². The van der Waals surface area contributed by atoms with Crippen LogP contribution < -0.4 is 5.32 Å². The van der Waals surface area contributed by atoms with Gasteiger partial charge in [0.1, 0.15) is 5.54 Å². The lowest BCUT2D eigenvalue weighted by Gasteiger charge is -2.23. The number of carbonyl (C=O) groups is 2. The fourth-order valence-electron chi connectivity index (χ4n) is 3.01. The van der Waals surface area contributed by atoms with E-state index in [4.69, 9.17) is 16.3 Å². The Kier molecular flexibility index (Phi) is 5.79. The van der Waals surface area contributed by atoms with Crippen LogP contribution in [0.5, 0.6) is 0 Å². The Hall–Kier alpha value is -2.41. The molecule has 0 spiro atoms. The number of aliphatic hydroxyl groups is 1. The number of rotatable bonds is 7. The first-order valence-electron chi connectivity index (χ1n) is 8.60. The maximum Gasteiger partial charge on any atom is 0.325 e. The first-order chi connectivity index (χ1) is 12.9. The summed E-state index contributed by atoms with van der Waals surface area (Å²) in [6.07, 6.45) is -1.000. The first kappa shape index (κ1) is 19.4. The number of hydrogen-bond donors (Lipinski definition) is 2. The Morgan fingerprint density at radius 2 is 1.81 bits per heavy atom. The van der Waals surface area contributed by atoms with Crippen molar-refractivity contribution in [1.29, 1.82) is 0 Å². The van der Waals surface area contributed by atoms with E-state index in [0.717, 1.165) is 10.5 Å². The van der Waals surface area contributed by atoms with Crippen LogP contribution in [0, 0.1) is 0 Å². The van der Waals surface area contributed by atoms with Crippen LogP contribution in [0.15, 0.2) is 54.6 Å². The number of halogens is 1. The number of aliphatic hydroxyl groups excluding tert-OH is 1. The molecule has 0 aromatic heterocycles. The summed E-state index contributed by atoms with van der Waals surface area (Å²) in [6, 6.07) is 15.7. The molecule has 2 unspecified atom stereocenters. The molecule has 0 aliphatic carbocycles. The van der Waals surface area contributed by atoms with E-state index in [1.54, 1.807) is 37.3 Å². The van der Waals surface area contributed by atoms with Crippen LogP contribution in [0.1, 0.15) is 18.1 Å². The van der Waals surface area contributed by atoms with Gasteiger partial charge in [-0.2, -0.15) is 0 Å². The van der Waals surface area contributed by atoms with Gasteiger partial charge in [-0.3, -0.25) is 9.69 Å². The zero-order valence-corrected chi connectivity index (χ0v) is 15.6. The summed E-state index contributed by atoms with van der Waals surface area (Å²) >= 11 is 6.06. The molecule has 142 valence electrons. The minimum absolute atomic E-state index is 0.0235. The van der Waals surface area contributed by atoms with Gasteiger partial charge in [-0.1, -0.05) is 60.1 Å². The number of imide groups is 1. The van der Waals surface area contributed by atoms with Gasteiger partial charge >= 0.3 is 6.03 Å². The van der Waals surface area contributed by atoms with E-state index in [0.29, 0.717) is 10.6 Å². The van der Waals surface area contributed by atoms with Crippen molar-refractivity contribution in [2.45, 2.75) is 25.2 Å². The summed E-state index contributed by atoms with van der Waals surface area (Å²) in [6.45, 7) is 1.72. The van der Waals surface area contributed by atoms with Gasteiger partial charge in [-0.25, -0.2) is 4.79 Å². The zero-order valence-electron chi connectivity index (χ0n) is 14.9. The van der Waals surface area contributed by atoms with Crippen molar-refractivity contribution >= 4 is 23.5 Å². The van der Waals surface area contributed by atoms with Crippen molar-refractivity contribution in [3.63, 3.8) is 0 Å². The normalized spacial score (nSPS) is 20.6. The zero-order chi connectivity index (χ0) is 19.4. The Labute approximate surface area is 162 Å². The molecule has 1 fully saturated rings. The van der Waals surface area contributed by atoms with Gasteiger partial charge < -0.3 is 15.2 Å². The summed E-state index contributed by atoms with van der Waals surface area (Å²) in [5, 5.41) is 13.5. The molecular weight excluding hydrogens is 368 g/mol. The van der Waals surface area contributed by atoms with Gasteiger partial charge in [0, 0.05) is 5.02 Å². The fourth-order valence-corrected chi connectivity index (χ4v) is 3.20. The van der Waals surface area contributed by atoms with E-state index >= 15 is 0 Å². The highest BCUT2D eigenvalue weighted by atomic mass is 35.5. The number of amides is 3. The molecule has 6 nitrogen and oxygen atoms in total. The van der Waals surface area contributed by atoms with Crippen LogP contribution >= 0.6 is 11.6 Å². The van der Waals surface area contributed by atoms with E-state index in [1.807, 2.05) is 24.3 Å². The molecule has 1 heterocycles. The largest absolute Gasteiger partial charge is 0.389 e. The molecule has 3 rings (SSSR count). The highest BCUT2D eigenvalue weighted by Gasteiger charge is 2.49. The van der Waals surface area contributed by atoms with E-state index < -0.39 is 23.6 Å². The number of nitrogens with zero attached hydrogens (tertiary/aromatic N) is 1. The van der Waals surface area contributed by atoms with E-state index in [2.05, 4.69) is 5.32 Å². The van der Waals surface area contributed by atoms with E-state index in [1.165, 1.54) is 0 Å². The highest BCUT2D eigenvalue weighted by Crippen LogP contribution is 2.28. The lowest BCUT2D eigenvalue weighted by molar-refractivity contribution is -0.132. The minimum atomic E-state index is -1.14. The lowest BCUT2D eigenvalue weighted by Crippen LogP contribution is -2.42. The molecule has 1 saturated heterocycles. The smallest absolute Gasteiger partial charge is 0.325 e. The molecule has 0 saturated carbocycles. The van der Waals surface area contributed by atoms with Gasteiger partial charge in [0.15, 0.2) is 0 Å². The third-order valence-electron chi connectivity index (χ3n) is 4.55. The molecule has 3 amide bonds. The second-order valence-corrected chi connectivity index (χ2v) is 7.00. The summed E-state index contributed by atoms with van der Waals surface area (Å²) in [7, 11) is 0. The molecule has 2 aromatic rings. The van der Waals surface area contributed by atoms with Crippen LogP contribution in [0.2, 0.25) is 5.02 Å². The Morgan fingerprint density at radius 3 is 2.52 bits per heavy atom. The number of nitrogens with one attached hydrogen (secondary N) is 1. The number of hydrogen-bond acceptors (Lipinski definition) is 4. The molecular formula is C20H21ClN2O4. The van der Waals surface area contributed by atoms with Crippen LogP contribution in [0.4, 0.5) is 4.79 Å². The predicted molar refractivity (Wildman–Crippen MR) is 101 cm³/mol. The van der Waals surface area contributed by atoms with E-state index in [9.17, 15) is 14.7 Å².